The molecular formula is C14H15N2. The van der Waals surface area contributed by atoms with Gasteiger partial charge in [-0.3, -0.25) is 0 Å². The molecule has 1 aromatic carbocycles. The predicted molar refractivity (Wildman–Crippen MR) is 66.9 cm³/mol. The van der Waals surface area contributed by atoms with Crippen molar-refractivity contribution in [3.63, 3.8) is 0 Å². The van der Waals surface area contributed by atoms with Crippen molar-refractivity contribution >= 4 is 6.08 Å². The van der Waals surface area contributed by atoms with Gasteiger partial charge in [0.1, 0.15) is 0 Å². The molecule has 1 heterocycles. The van der Waals surface area contributed by atoms with Crippen LogP contribution in [0.1, 0.15) is 24.1 Å². The van der Waals surface area contributed by atoms with Crippen LogP contribution >= 0.6 is 0 Å². The molecule has 2 nitrogen and oxygen atoms in total. The van der Waals surface area contributed by atoms with E-state index in [0.717, 1.165) is 0 Å². The predicted octanol–water partition coefficient (Wildman–Crippen LogP) is 3.34. The van der Waals surface area contributed by atoms with Crippen LogP contribution in [0.3, 0.4) is 0 Å². The summed E-state index contributed by atoms with van der Waals surface area (Å²) in [6.07, 6.45) is 9.42. The quantitative estimate of drug-likeness (QED) is 0.761. The molecule has 0 saturated carbocycles. The standard InChI is InChI=1S/C14H15N2/c1-3-4-13-5-7-14(8-6-13)12(2)16-10-9-15-11-16/h3-12H,1H2,2H3/b4-3+. The van der Waals surface area contributed by atoms with Crippen LogP contribution in [0.5, 0.6) is 0 Å². The Hall–Kier alpha value is -1.83. The van der Waals surface area contributed by atoms with Gasteiger partial charge >= 0.3 is 0 Å². The molecule has 0 fully saturated rings. The molecule has 0 aliphatic rings. The molecular weight excluding hydrogens is 196 g/mol. The van der Waals surface area contributed by atoms with E-state index in [0.29, 0.717) is 6.04 Å². The highest BCUT2D eigenvalue weighted by molar-refractivity contribution is 5.50. The zero-order valence-corrected chi connectivity index (χ0v) is 9.38. The lowest BCUT2D eigenvalue weighted by Gasteiger charge is -2.13. The number of benzene rings is 1. The van der Waals surface area contributed by atoms with Gasteiger partial charge in [-0.15, -0.1) is 0 Å². The van der Waals surface area contributed by atoms with Crippen LogP contribution in [0.25, 0.3) is 6.08 Å². The van der Waals surface area contributed by atoms with Gasteiger partial charge in [0.15, 0.2) is 0 Å². The van der Waals surface area contributed by atoms with Crippen molar-refractivity contribution in [3.05, 3.63) is 67.1 Å². The van der Waals surface area contributed by atoms with Crippen molar-refractivity contribution in [1.82, 2.24) is 9.55 Å². The minimum Gasteiger partial charge on any atom is -0.330 e. The summed E-state index contributed by atoms with van der Waals surface area (Å²) in [7, 11) is 0. The van der Waals surface area contributed by atoms with Crippen molar-refractivity contribution in [3.8, 4) is 0 Å². The van der Waals surface area contributed by atoms with Gasteiger partial charge < -0.3 is 4.57 Å². The van der Waals surface area contributed by atoms with Gasteiger partial charge in [-0.2, -0.15) is 0 Å². The zero-order chi connectivity index (χ0) is 11.4. The van der Waals surface area contributed by atoms with Gasteiger partial charge in [0.25, 0.3) is 0 Å². The third kappa shape index (κ3) is 2.22. The maximum atomic E-state index is 4.06. The van der Waals surface area contributed by atoms with E-state index in [4.69, 9.17) is 0 Å². The summed E-state index contributed by atoms with van der Waals surface area (Å²) >= 11 is 0. The number of hydrogen-bond acceptors (Lipinski definition) is 1. The van der Waals surface area contributed by atoms with Gasteiger partial charge in [0.05, 0.1) is 12.4 Å². The SMILES string of the molecule is [CH2]/C=C/c1ccc(C(C)n2ccnc2)cc1. The maximum absolute atomic E-state index is 4.06. The molecule has 0 spiro atoms. The van der Waals surface area contributed by atoms with Gasteiger partial charge in [0, 0.05) is 12.4 Å². The summed E-state index contributed by atoms with van der Waals surface area (Å²) in [5.74, 6) is 0. The van der Waals surface area contributed by atoms with Gasteiger partial charge in [0.2, 0.25) is 0 Å². The van der Waals surface area contributed by atoms with E-state index in [2.05, 4.69) is 47.7 Å². The fourth-order valence-electron chi connectivity index (χ4n) is 1.69. The first-order valence-corrected chi connectivity index (χ1v) is 5.34. The van der Waals surface area contributed by atoms with Gasteiger partial charge in [-0.25, -0.2) is 4.98 Å². The van der Waals surface area contributed by atoms with Crippen LogP contribution in [0, 0.1) is 6.92 Å². The molecule has 1 aromatic heterocycles. The normalized spacial score (nSPS) is 13.1. The molecule has 0 N–H and O–H groups in total. The Balaban J connectivity index is 2.21. The minimum absolute atomic E-state index is 0.320. The Morgan fingerprint density at radius 2 is 2.06 bits per heavy atom. The molecule has 0 aliphatic carbocycles. The van der Waals surface area contributed by atoms with E-state index < -0.39 is 0 Å². The molecule has 2 heteroatoms. The molecule has 0 bridgehead atoms. The van der Waals surface area contributed by atoms with E-state index in [9.17, 15) is 0 Å². The van der Waals surface area contributed by atoms with Crippen molar-refractivity contribution in [2.45, 2.75) is 13.0 Å². The molecule has 2 rings (SSSR count). The van der Waals surface area contributed by atoms with Crippen LogP contribution in [0.15, 0.2) is 49.1 Å². The fourth-order valence-corrected chi connectivity index (χ4v) is 1.69. The second kappa shape index (κ2) is 4.79. The first-order chi connectivity index (χ1) is 7.81. The summed E-state index contributed by atoms with van der Waals surface area (Å²) < 4.78 is 2.09. The smallest absolute Gasteiger partial charge is 0.0951 e. The first-order valence-electron chi connectivity index (χ1n) is 5.34. The Morgan fingerprint density at radius 1 is 1.31 bits per heavy atom. The van der Waals surface area contributed by atoms with E-state index in [1.807, 2.05) is 18.6 Å². The largest absolute Gasteiger partial charge is 0.330 e. The van der Waals surface area contributed by atoms with Crippen LogP contribution < -0.4 is 0 Å². The monoisotopic (exact) mass is 211 g/mol. The highest BCUT2D eigenvalue weighted by atomic mass is 15.0. The maximum Gasteiger partial charge on any atom is 0.0951 e. The number of aromatic nitrogens is 2. The Morgan fingerprint density at radius 3 is 2.62 bits per heavy atom. The summed E-state index contributed by atoms with van der Waals surface area (Å²) in [6.45, 7) is 5.85. The second-order valence-electron chi connectivity index (χ2n) is 3.75. The molecule has 2 aromatic rings. The van der Waals surface area contributed by atoms with Gasteiger partial charge in [-0.1, -0.05) is 36.4 Å². The van der Waals surface area contributed by atoms with Crippen molar-refractivity contribution in [2.24, 2.45) is 0 Å². The lowest BCUT2D eigenvalue weighted by atomic mass is 10.1. The highest BCUT2D eigenvalue weighted by Gasteiger charge is 2.05. The Kier molecular flexibility index (Phi) is 3.20. The fraction of sp³-hybridized carbons (Fsp3) is 0.143. The lowest BCUT2D eigenvalue weighted by molar-refractivity contribution is 0.638. The van der Waals surface area contributed by atoms with Crippen LogP contribution in [-0.2, 0) is 0 Å². The molecule has 0 saturated heterocycles. The number of nitrogens with zero attached hydrogens (tertiary/aromatic N) is 2. The number of rotatable bonds is 3. The summed E-state index contributed by atoms with van der Waals surface area (Å²) in [5.41, 5.74) is 2.45. The van der Waals surface area contributed by atoms with E-state index >= 15 is 0 Å². The van der Waals surface area contributed by atoms with E-state index in [1.165, 1.54) is 11.1 Å². The summed E-state index contributed by atoms with van der Waals surface area (Å²) in [5, 5.41) is 0. The third-order valence-corrected chi connectivity index (χ3v) is 2.70. The second-order valence-corrected chi connectivity index (χ2v) is 3.75. The zero-order valence-electron chi connectivity index (χ0n) is 9.38. The molecule has 1 atom stereocenters. The number of hydrogen-bond donors (Lipinski definition) is 0. The third-order valence-electron chi connectivity index (χ3n) is 2.70. The van der Waals surface area contributed by atoms with Crippen molar-refractivity contribution in [1.29, 1.82) is 0 Å². The lowest BCUT2D eigenvalue weighted by Crippen LogP contribution is -2.03. The van der Waals surface area contributed by atoms with Crippen LogP contribution in [0.4, 0.5) is 0 Å². The Bertz CT molecular complexity index is 452. The molecule has 1 unspecified atom stereocenters. The first kappa shape index (κ1) is 10.7. The topological polar surface area (TPSA) is 17.8 Å². The van der Waals surface area contributed by atoms with Crippen molar-refractivity contribution < 1.29 is 0 Å². The van der Waals surface area contributed by atoms with Gasteiger partial charge in [-0.05, 0) is 25.0 Å². The molecule has 81 valence electrons. The van der Waals surface area contributed by atoms with Crippen LogP contribution in [0.2, 0.25) is 0 Å². The highest BCUT2D eigenvalue weighted by Crippen LogP contribution is 2.18. The van der Waals surface area contributed by atoms with Crippen LogP contribution in [-0.4, -0.2) is 9.55 Å². The average molecular weight is 211 g/mol. The number of imidazole rings is 1. The molecule has 1 radical (unpaired) electrons. The number of allylic oxidation sites excluding steroid dienone is 1. The van der Waals surface area contributed by atoms with Crippen molar-refractivity contribution in [2.75, 3.05) is 0 Å². The molecule has 0 aliphatic heterocycles. The molecule has 0 amide bonds. The summed E-state index contributed by atoms with van der Waals surface area (Å²) in [4.78, 5) is 4.06. The van der Waals surface area contributed by atoms with E-state index in [1.54, 1.807) is 12.3 Å². The Labute approximate surface area is 96.3 Å². The average Bonchev–Trinajstić information content (AvgIpc) is 2.83. The molecule has 16 heavy (non-hydrogen) atoms. The minimum atomic E-state index is 0.320. The van der Waals surface area contributed by atoms with E-state index in [-0.39, 0.29) is 0 Å². The summed E-state index contributed by atoms with van der Waals surface area (Å²) in [6, 6.07) is 8.80.